The van der Waals surface area contributed by atoms with Crippen molar-refractivity contribution in [1.82, 2.24) is 29.2 Å². The van der Waals surface area contributed by atoms with E-state index in [1.165, 1.54) is 11.5 Å². The number of carbonyl (C=O) groups is 1. The van der Waals surface area contributed by atoms with E-state index in [0.29, 0.717) is 0 Å². The van der Waals surface area contributed by atoms with Crippen LogP contribution in [0.15, 0.2) is 18.5 Å². The molecule has 3 heterocycles. The molecule has 1 aliphatic rings. The fourth-order valence-electron chi connectivity index (χ4n) is 2.77. The van der Waals surface area contributed by atoms with Crippen LogP contribution < -0.4 is 0 Å². The van der Waals surface area contributed by atoms with E-state index in [1.54, 1.807) is 6.20 Å². The van der Waals surface area contributed by atoms with Gasteiger partial charge in [-0.05, 0) is 24.0 Å². The molecule has 124 valence electrons. The van der Waals surface area contributed by atoms with Gasteiger partial charge in [0.25, 0.3) is 5.91 Å². The number of nitrogens with zero attached hydrogens (tertiary/aromatic N) is 6. The highest BCUT2D eigenvalue weighted by Crippen LogP contribution is 2.16. The molecule has 0 aromatic carbocycles. The van der Waals surface area contributed by atoms with Gasteiger partial charge in [-0.15, -0.1) is 5.10 Å². The maximum atomic E-state index is 12.6. The second-order valence-corrected chi connectivity index (χ2v) is 6.46. The Labute approximate surface area is 140 Å². The zero-order valence-corrected chi connectivity index (χ0v) is 14.2. The van der Waals surface area contributed by atoms with Crippen LogP contribution in [0.5, 0.6) is 0 Å². The van der Waals surface area contributed by atoms with Crippen molar-refractivity contribution in [3.8, 4) is 0 Å². The van der Waals surface area contributed by atoms with Gasteiger partial charge in [0.05, 0.1) is 12.2 Å². The van der Waals surface area contributed by atoms with Crippen molar-refractivity contribution in [2.45, 2.75) is 26.3 Å². The van der Waals surface area contributed by atoms with Crippen LogP contribution in [0, 0.1) is 0 Å². The van der Waals surface area contributed by atoms with Crippen molar-refractivity contribution in [2.24, 2.45) is 0 Å². The Morgan fingerprint density at radius 3 is 2.78 bits per heavy atom. The van der Waals surface area contributed by atoms with Gasteiger partial charge in [0.15, 0.2) is 0 Å². The summed E-state index contributed by atoms with van der Waals surface area (Å²) in [6, 6.07) is 1.94. The summed E-state index contributed by atoms with van der Waals surface area (Å²) in [5.41, 5.74) is 0.851. The zero-order chi connectivity index (χ0) is 16.1. The predicted molar refractivity (Wildman–Crippen MR) is 88.5 cm³/mol. The number of aryl methyl sites for hydroxylation is 1. The van der Waals surface area contributed by atoms with E-state index in [0.717, 1.165) is 62.7 Å². The maximum absolute atomic E-state index is 12.6. The number of piperazine rings is 1. The normalized spacial score (nSPS) is 16.0. The summed E-state index contributed by atoms with van der Waals surface area (Å²) in [4.78, 5) is 17.7. The molecule has 7 nitrogen and oxygen atoms in total. The Morgan fingerprint density at radius 1 is 1.26 bits per heavy atom. The molecule has 0 aliphatic carbocycles. The molecule has 0 unspecified atom stereocenters. The van der Waals surface area contributed by atoms with Gasteiger partial charge in [-0.25, -0.2) is 0 Å². The van der Waals surface area contributed by atoms with E-state index in [1.807, 2.05) is 21.8 Å². The number of amides is 1. The third-order valence-electron chi connectivity index (χ3n) is 4.10. The highest BCUT2D eigenvalue weighted by molar-refractivity contribution is 7.08. The molecule has 0 bridgehead atoms. The third kappa shape index (κ3) is 3.94. The van der Waals surface area contributed by atoms with E-state index in [-0.39, 0.29) is 5.91 Å². The van der Waals surface area contributed by atoms with Gasteiger partial charge in [0, 0.05) is 45.1 Å². The van der Waals surface area contributed by atoms with Crippen LogP contribution in [0.3, 0.4) is 0 Å². The molecule has 1 saturated heterocycles. The average molecular weight is 334 g/mol. The molecule has 0 saturated carbocycles. The summed E-state index contributed by atoms with van der Waals surface area (Å²) in [5.74, 6) is 0.0928. The summed E-state index contributed by atoms with van der Waals surface area (Å²) in [6.07, 6.45) is 5.58. The first kappa shape index (κ1) is 16.1. The smallest absolute Gasteiger partial charge is 0.267 e. The predicted octanol–water partition coefficient (Wildman–Crippen LogP) is 1.15. The van der Waals surface area contributed by atoms with Crippen molar-refractivity contribution >= 4 is 17.4 Å². The highest BCUT2D eigenvalue weighted by atomic mass is 32.1. The molecular weight excluding hydrogens is 312 g/mol. The monoisotopic (exact) mass is 334 g/mol. The maximum Gasteiger partial charge on any atom is 0.267 e. The van der Waals surface area contributed by atoms with Crippen LogP contribution in [0.1, 0.15) is 28.7 Å². The Morgan fingerprint density at radius 2 is 2.09 bits per heavy atom. The van der Waals surface area contributed by atoms with Crippen LogP contribution in [-0.2, 0) is 13.0 Å². The molecular formula is C15H22N6OS. The first-order chi connectivity index (χ1) is 11.3. The van der Waals surface area contributed by atoms with Gasteiger partial charge >= 0.3 is 0 Å². The molecule has 23 heavy (non-hydrogen) atoms. The number of aromatic nitrogens is 4. The number of carbonyl (C=O) groups excluding carboxylic acids is 1. The minimum absolute atomic E-state index is 0.0928. The molecule has 0 radical (unpaired) electrons. The molecule has 0 N–H and O–H groups in total. The molecule has 8 heteroatoms. The first-order valence-corrected chi connectivity index (χ1v) is 8.85. The second-order valence-electron chi connectivity index (χ2n) is 5.70. The Bertz CT molecular complexity index is 618. The second kappa shape index (κ2) is 7.65. The van der Waals surface area contributed by atoms with Crippen molar-refractivity contribution in [3.05, 3.63) is 29.0 Å². The average Bonchev–Trinajstić information content (AvgIpc) is 3.25. The third-order valence-corrected chi connectivity index (χ3v) is 4.86. The Hall–Kier alpha value is -1.80. The lowest BCUT2D eigenvalue weighted by Crippen LogP contribution is -2.49. The fourth-order valence-corrected chi connectivity index (χ4v) is 3.44. The van der Waals surface area contributed by atoms with Gasteiger partial charge in [0.1, 0.15) is 4.88 Å². The quantitative estimate of drug-likeness (QED) is 0.793. The molecule has 1 amide bonds. The van der Waals surface area contributed by atoms with E-state index < -0.39 is 0 Å². The molecule has 1 fully saturated rings. The van der Waals surface area contributed by atoms with Gasteiger partial charge in [-0.3, -0.25) is 14.4 Å². The van der Waals surface area contributed by atoms with Crippen LogP contribution in [0.25, 0.3) is 0 Å². The van der Waals surface area contributed by atoms with E-state index in [2.05, 4.69) is 26.5 Å². The Balaban J connectivity index is 1.50. The molecule has 2 aromatic heterocycles. The van der Waals surface area contributed by atoms with Crippen molar-refractivity contribution in [2.75, 3.05) is 32.7 Å². The number of hydrogen-bond acceptors (Lipinski definition) is 6. The van der Waals surface area contributed by atoms with E-state index in [9.17, 15) is 4.79 Å². The van der Waals surface area contributed by atoms with Gasteiger partial charge in [-0.1, -0.05) is 17.8 Å². The van der Waals surface area contributed by atoms with Crippen LogP contribution in [0.2, 0.25) is 0 Å². The number of rotatable bonds is 6. The lowest BCUT2D eigenvalue weighted by Gasteiger charge is -2.34. The summed E-state index contributed by atoms with van der Waals surface area (Å²) < 4.78 is 5.90. The fraction of sp³-hybridized carbons (Fsp3) is 0.600. The van der Waals surface area contributed by atoms with Crippen molar-refractivity contribution < 1.29 is 4.79 Å². The highest BCUT2D eigenvalue weighted by Gasteiger charge is 2.25. The summed E-state index contributed by atoms with van der Waals surface area (Å²) >= 11 is 1.22. The van der Waals surface area contributed by atoms with Gasteiger partial charge in [0.2, 0.25) is 0 Å². The number of hydrogen-bond donors (Lipinski definition) is 0. The van der Waals surface area contributed by atoms with Gasteiger partial charge < -0.3 is 4.90 Å². The lowest BCUT2D eigenvalue weighted by molar-refractivity contribution is 0.0635. The molecule has 3 rings (SSSR count). The molecule has 0 atom stereocenters. The first-order valence-electron chi connectivity index (χ1n) is 8.08. The van der Waals surface area contributed by atoms with Gasteiger partial charge in [-0.2, -0.15) is 5.10 Å². The molecule has 0 spiro atoms. The summed E-state index contributed by atoms with van der Waals surface area (Å²) in [7, 11) is 0. The summed E-state index contributed by atoms with van der Waals surface area (Å²) in [6.45, 7) is 7.28. The zero-order valence-electron chi connectivity index (χ0n) is 13.4. The molecule has 1 aliphatic heterocycles. The van der Waals surface area contributed by atoms with Crippen molar-refractivity contribution in [1.29, 1.82) is 0 Å². The standard InChI is InChI=1S/C15H22N6OS/c1-2-4-13-14(23-18-17-13)15(22)20-10-7-19(8-11-20)9-12-21-6-3-5-16-21/h3,5-6H,2,4,7-12H2,1H3. The van der Waals surface area contributed by atoms with Crippen LogP contribution >= 0.6 is 11.5 Å². The van der Waals surface area contributed by atoms with E-state index >= 15 is 0 Å². The van der Waals surface area contributed by atoms with Crippen LogP contribution in [0.4, 0.5) is 0 Å². The minimum Gasteiger partial charge on any atom is -0.335 e. The Kier molecular flexibility index (Phi) is 5.35. The molecule has 2 aromatic rings. The van der Waals surface area contributed by atoms with Crippen LogP contribution in [-0.4, -0.2) is 67.8 Å². The SMILES string of the molecule is CCCc1nnsc1C(=O)N1CCN(CCn2cccn2)CC1. The largest absolute Gasteiger partial charge is 0.335 e. The topological polar surface area (TPSA) is 67.2 Å². The van der Waals surface area contributed by atoms with E-state index in [4.69, 9.17) is 0 Å². The summed E-state index contributed by atoms with van der Waals surface area (Å²) in [5, 5.41) is 8.31. The lowest BCUT2D eigenvalue weighted by atomic mass is 10.2. The van der Waals surface area contributed by atoms with Crippen molar-refractivity contribution in [3.63, 3.8) is 0 Å². The minimum atomic E-state index is 0.0928.